The van der Waals surface area contributed by atoms with Crippen LogP contribution in [-0.4, -0.2) is 10.9 Å². The first-order valence-electron chi connectivity index (χ1n) is 8.25. The molecule has 0 aliphatic heterocycles. The van der Waals surface area contributed by atoms with Gasteiger partial charge in [-0.2, -0.15) is 13.2 Å². The summed E-state index contributed by atoms with van der Waals surface area (Å²) in [6.45, 7) is 2.13. The van der Waals surface area contributed by atoms with E-state index in [0.29, 0.717) is 5.13 Å². The van der Waals surface area contributed by atoms with E-state index in [9.17, 15) is 18.0 Å². The lowest BCUT2D eigenvalue weighted by Crippen LogP contribution is -2.13. The lowest BCUT2D eigenvalue weighted by molar-refractivity contribution is -0.137. The van der Waals surface area contributed by atoms with Gasteiger partial charge in [0.1, 0.15) is 0 Å². The fraction of sp³-hybridized carbons (Fsp3) is 0.263. The van der Waals surface area contributed by atoms with Crippen LogP contribution in [0.3, 0.4) is 0 Å². The second kappa shape index (κ2) is 7.45. The molecule has 1 N–H and O–H groups in total. The summed E-state index contributed by atoms with van der Waals surface area (Å²) in [5.74, 6) is -0.610. The van der Waals surface area contributed by atoms with Crippen LogP contribution in [0, 0.1) is 0 Å². The number of aromatic nitrogens is 1. The van der Waals surface area contributed by atoms with Crippen molar-refractivity contribution in [3.8, 4) is 0 Å². The van der Waals surface area contributed by atoms with Crippen molar-refractivity contribution in [1.82, 2.24) is 4.98 Å². The molecule has 0 radical (unpaired) electrons. The normalized spacial score (nSPS) is 11.7. The number of carbonyl (C=O) groups is 1. The summed E-state index contributed by atoms with van der Waals surface area (Å²) in [4.78, 5) is 16.6. The van der Waals surface area contributed by atoms with E-state index in [2.05, 4.69) is 17.2 Å². The zero-order chi connectivity index (χ0) is 18.7. The molecule has 0 unspecified atom stereocenters. The van der Waals surface area contributed by atoms with Crippen molar-refractivity contribution in [3.05, 3.63) is 59.2 Å². The van der Waals surface area contributed by atoms with Gasteiger partial charge in [-0.05, 0) is 48.7 Å². The smallest absolute Gasteiger partial charge is 0.298 e. The van der Waals surface area contributed by atoms with E-state index in [1.165, 1.54) is 29.0 Å². The number of hydrogen-bond acceptors (Lipinski definition) is 3. The molecule has 0 saturated heterocycles. The highest BCUT2D eigenvalue weighted by atomic mass is 32.1. The Kier molecular flexibility index (Phi) is 5.27. The van der Waals surface area contributed by atoms with Crippen LogP contribution in [0.1, 0.15) is 41.3 Å². The van der Waals surface area contributed by atoms with Gasteiger partial charge < -0.3 is 0 Å². The number of fused-ring (bicyclic) bond motifs is 1. The standard InChI is InChI=1S/C19H17F3N2OS/c1-2-3-5-12-8-9-15-16(10-12)26-18(23-15)24-17(25)13-6-4-7-14(11-13)19(20,21)22/h4,6-11H,2-3,5H2,1H3,(H,23,24,25). The minimum atomic E-state index is -4.49. The Morgan fingerprint density at radius 3 is 2.73 bits per heavy atom. The van der Waals surface area contributed by atoms with Crippen molar-refractivity contribution in [1.29, 1.82) is 0 Å². The van der Waals surface area contributed by atoms with E-state index in [1.807, 2.05) is 18.2 Å². The Bertz CT molecular complexity index is 934. The first-order chi connectivity index (χ1) is 12.4. The van der Waals surface area contributed by atoms with Crippen LogP contribution in [0.2, 0.25) is 0 Å². The highest BCUT2D eigenvalue weighted by Gasteiger charge is 2.30. The Hall–Kier alpha value is -2.41. The number of nitrogens with zero attached hydrogens (tertiary/aromatic N) is 1. The summed E-state index contributed by atoms with van der Waals surface area (Å²) >= 11 is 1.31. The van der Waals surface area contributed by atoms with Crippen LogP contribution >= 0.6 is 11.3 Å². The molecule has 0 fully saturated rings. The van der Waals surface area contributed by atoms with Crippen molar-refractivity contribution in [2.75, 3.05) is 5.32 Å². The largest absolute Gasteiger partial charge is 0.416 e. The van der Waals surface area contributed by atoms with Crippen LogP contribution < -0.4 is 5.32 Å². The second-order valence-electron chi connectivity index (χ2n) is 5.96. The predicted molar refractivity (Wildman–Crippen MR) is 97.6 cm³/mol. The summed E-state index contributed by atoms with van der Waals surface area (Å²) in [6, 6.07) is 10.3. The number of benzene rings is 2. The summed E-state index contributed by atoms with van der Waals surface area (Å²) in [6.07, 6.45) is -1.29. The zero-order valence-corrected chi connectivity index (χ0v) is 14.9. The van der Waals surface area contributed by atoms with Crippen LogP contribution in [0.5, 0.6) is 0 Å². The number of anilines is 1. The molecule has 136 valence electrons. The van der Waals surface area contributed by atoms with E-state index in [4.69, 9.17) is 0 Å². The lowest BCUT2D eigenvalue weighted by Gasteiger charge is -2.08. The molecule has 0 saturated carbocycles. The van der Waals surface area contributed by atoms with Crippen molar-refractivity contribution in [2.45, 2.75) is 32.4 Å². The molecule has 3 nitrogen and oxygen atoms in total. The van der Waals surface area contributed by atoms with Gasteiger partial charge >= 0.3 is 6.18 Å². The first-order valence-corrected chi connectivity index (χ1v) is 9.06. The number of aryl methyl sites for hydroxylation is 1. The van der Waals surface area contributed by atoms with E-state index >= 15 is 0 Å². The maximum atomic E-state index is 12.8. The molecule has 3 rings (SSSR count). The summed E-state index contributed by atoms with van der Waals surface area (Å²) in [5, 5.41) is 2.96. The molecule has 0 aliphatic rings. The molecule has 0 aliphatic carbocycles. The predicted octanol–water partition coefficient (Wildman–Crippen LogP) is 5.91. The maximum Gasteiger partial charge on any atom is 0.416 e. The maximum absolute atomic E-state index is 12.8. The fourth-order valence-electron chi connectivity index (χ4n) is 2.56. The number of carbonyl (C=O) groups excluding carboxylic acids is 1. The van der Waals surface area contributed by atoms with Gasteiger partial charge in [-0.15, -0.1) is 0 Å². The fourth-order valence-corrected chi connectivity index (χ4v) is 3.49. The van der Waals surface area contributed by atoms with Gasteiger partial charge in [0.15, 0.2) is 5.13 Å². The molecule has 1 heterocycles. The number of halogens is 3. The van der Waals surface area contributed by atoms with Gasteiger partial charge in [-0.3, -0.25) is 10.1 Å². The number of alkyl halides is 3. The van der Waals surface area contributed by atoms with Crippen molar-refractivity contribution in [3.63, 3.8) is 0 Å². The molecule has 1 amide bonds. The van der Waals surface area contributed by atoms with Gasteiger partial charge in [-0.1, -0.05) is 36.8 Å². The minimum absolute atomic E-state index is 0.0530. The Balaban J connectivity index is 1.79. The van der Waals surface area contributed by atoms with Gasteiger partial charge in [-0.25, -0.2) is 4.98 Å². The van der Waals surface area contributed by atoms with Gasteiger partial charge in [0.25, 0.3) is 5.91 Å². The van der Waals surface area contributed by atoms with E-state index in [-0.39, 0.29) is 5.56 Å². The number of amides is 1. The van der Waals surface area contributed by atoms with Crippen LogP contribution in [0.15, 0.2) is 42.5 Å². The quantitative estimate of drug-likeness (QED) is 0.600. The summed E-state index contributed by atoms with van der Waals surface area (Å²) in [7, 11) is 0. The lowest BCUT2D eigenvalue weighted by atomic mass is 10.1. The number of nitrogens with one attached hydrogen (secondary N) is 1. The number of rotatable bonds is 5. The molecule has 0 spiro atoms. The second-order valence-corrected chi connectivity index (χ2v) is 6.99. The highest BCUT2D eigenvalue weighted by Crippen LogP contribution is 2.30. The van der Waals surface area contributed by atoms with Crippen LogP contribution in [-0.2, 0) is 12.6 Å². The van der Waals surface area contributed by atoms with Crippen LogP contribution in [0.25, 0.3) is 10.2 Å². The molecule has 7 heteroatoms. The summed E-state index contributed by atoms with van der Waals surface area (Å²) in [5.41, 5.74) is 1.06. The average molecular weight is 378 g/mol. The molecular formula is C19H17F3N2OS. The Labute approximate surface area is 152 Å². The number of unbranched alkanes of at least 4 members (excludes halogenated alkanes) is 1. The molecule has 0 atom stereocenters. The molecule has 1 aromatic heterocycles. The molecular weight excluding hydrogens is 361 g/mol. The third-order valence-corrected chi connectivity index (χ3v) is 4.88. The van der Waals surface area contributed by atoms with E-state index in [1.54, 1.807) is 0 Å². The molecule has 2 aromatic carbocycles. The molecule has 26 heavy (non-hydrogen) atoms. The number of thiazole rings is 1. The minimum Gasteiger partial charge on any atom is -0.298 e. The Morgan fingerprint density at radius 1 is 1.19 bits per heavy atom. The van der Waals surface area contributed by atoms with E-state index in [0.717, 1.165) is 41.6 Å². The van der Waals surface area contributed by atoms with Crippen molar-refractivity contribution >= 4 is 32.6 Å². The number of hydrogen-bond donors (Lipinski definition) is 1. The third-order valence-electron chi connectivity index (χ3n) is 3.94. The van der Waals surface area contributed by atoms with Crippen LogP contribution in [0.4, 0.5) is 18.3 Å². The van der Waals surface area contributed by atoms with Gasteiger partial charge in [0, 0.05) is 5.56 Å². The monoisotopic (exact) mass is 378 g/mol. The first kappa shape index (κ1) is 18.4. The van der Waals surface area contributed by atoms with Gasteiger partial charge in [0.05, 0.1) is 15.8 Å². The SMILES string of the molecule is CCCCc1ccc2nc(NC(=O)c3cccc(C(F)(F)F)c3)sc2c1. The molecule has 3 aromatic rings. The van der Waals surface area contributed by atoms with Gasteiger partial charge in [0.2, 0.25) is 0 Å². The molecule has 0 bridgehead atoms. The zero-order valence-electron chi connectivity index (χ0n) is 14.1. The van der Waals surface area contributed by atoms with E-state index < -0.39 is 17.6 Å². The van der Waals surface area contributed by atoms with Crippen molar-refractivity contribution in [2.24, 2.45) is 0 Å². The highest BCUT2D eigenvalue weighted by molar-refractivity contribution is 7.22. The average Bonchev–Trinajstić information content (AvgIpc) is 3.00. The topological polar surface area (TPSA) is 42.0 Å². The summed E-state index contributed by atoms with van der Waals surface area (Å²) < 4.78 is 39.3. The van der Waals surface area contributed by atoms with Crippen molar-refractivity contribution < 1.29 is 18.0 Å². The third kappa shape index (κ3) is 4.22. The Morgan fingerprint density at radius 2 is 2.00 bits per heavy atom.